The number of nitrogens with zero attached hydrogens (tertiary/aromatic N) is 2. The van der Waals surface area contributed by atoms with Gasteiger partial charge in [-0.2, -0.15) is 0 Å². The van der Waals surface area contributed by atoms with E-state index >= 15 is 0 Å². The summed E-state index contributed by atoms with van der Waals surface area (Å²) in [7, 11) is 3.47. The second-order valence-electron chi connectivity index (χ2n) is 6.57. The zero-order valence-electron chi connectivity index (χ0n) is 15.0. The fraction of sp³-hybridized carbons (Fsp3) is 0.143. The SMILES string of the molecule is CC(=O)c1c(-c2ccc(Cl)cc2F)c(=O)n(C)c2c1c1ccccc1n2C. The number of benzene rings is 2. The Morgan fingerprint density at radius 2 is 1.78 bits per heavy atom. The number of carbonyl (C=O) groups is 1. The highest BCUT2D eigenvalue weighted by Crippen LogP contribution is 2.35. The number of hydrogen-bond acceptors (Lipinski definition) is 2. The molecular formula is C21H16ClFN2O2. The Hall–Kier alpha value is -2.92. The highest BCUT2D eigenvalue weighted by Gasteiger charge is 2.25. The number of ketones is 1. The summed E-state index contributed by atoms with van der Waals surface area (Å²) in [5, 5.41) is 1.71. The average Bonchev–Trinajstić information content (AvgIpc) is 2.91. The molecule has 0 atom stereocenters. The third kappa shape index (κ3) is 2.42. The van der Waals surface area contributed by atoms with Crippen LogP contribution in [-0.2, 0) is 14.1 Å². The normalized spacial score (nSPS) is 11.4. The Bertz CT molecular complexity index is 1320. The van der Waals surface area contributed by atoms with Crippen molar-refractivity contribution in [1.29, 1.82) is 0 Å². The van der Waals surface area contributed by atoms with Gasteiger partial charge >= 0.3 is 0 Å². The van der Waals surface area contributed by atoms with E-state index in [0.717, 1.165) is 17.0 Å². The molecule has 2 heterocycles. The first-order valence-electron chi connectivity index (χ1n) is 8.39. The van der Waals surface area contributed by atoms with Gasteiger partial charge in [0.2, 0.25) is 0 Å². The van der Waals surface area contributed by atoms with Crippen molar-refractivity contribution in [2.45, 2.75) is 6.92 Å². The number of halogens is 2. The third-order valence-electron chi connectivity index (χ3n) is 4.96. The lowest BCUT2D eigenvalue weighted by molar-refractivity contribution is 0.101. The summed E-state index contributed by atoms with van der Waals surface area (Å²) in [6.07, 6.45) is 0. The predicted octanol–water partition coefficient (Wildman–Crippen LogP) is 4.69. The molecule has 4 nitrogen and oxygen atoms in total. The fourth-order valence-corrected chi connectivity index (χ4v) is 3.97. The number of pyridine rings is 1. The van der Waals surface area contributed by atoms with Crippen LogP contribution in [0.2, 0.25) is 5.02 Å². The summed E-state index contributed by atoms with van der Waals surface area (Å²) in [4.78, 5) is 25.8. The zero-order valence-corrected chi connectivity index (χ0v) is 15.8. The van der Waals surface area contributed by atoms with Crippen LogP contribution in [0.5, 0.6) is 0 Å². The summed E-state index contributed by atoms with van der Waals surface area (Å²) >= 11 is 5.86. The summed E-state index contributed by atoms with van der Waals surface area (Å²) in [5.41, 5.74) is 1.43. The van der Waals surface area contributed by atoms with Crippen LogP contribution >= 0.6 is 11.6 Å². The maximum Gasteiger partial charge on any atom is 0.260 e. The van der Waals surface area contributed by atoms with Crippen molar-refractivity contribution in [2.75, 3.05) is 0 Å². The predicted molar refractivity (Wildman–Crippen MR) is 106 cm³/mol. The molecule has 0 radical (unpaired) electrons. The molecule has 0 aliphatic heterocycles. The van der Waals surface area contributed by atoms with Crippen LogP contribution in [0.3, 0.4) is 0 Å². The van der Waals surface area contributed by atoms with Crippen molar-refractivity contribution in [3.05, 3.63) is 69.2 Å². The molecule has 0 aliphatic carbocycles. The maximum atomic E-state index is 14.7. The van der Waals surface area contributed by atoms with Crippen molar-refractivity contribution < 1.29 is 9.18 Å². The molecule has 0 bridgehead atoms. The van der Waals surface area contributed by atoms with E-state index in [4.69, 9.17) is 11.6 Å². The molecule has 0 saturated carbocycles. The molecule has 0 unspecified atom stereocenters. The average molecular weight is 383 g/mol. The topological polar surface area (TPSA) is 44.0 Å². The molecule has 136 valence electrons. The molecule has 4 aromatic rings. The lowest BCUT2D eigenvalue weighted by Gasteiger charge is -2.14. The Labute approximate surface area is 159 Å². The zero-order chi connectivity index (χ0) is 19.5. The maximum absolute atomic E-state index is 14.7. The van der Waals surface area contributed by atoms with E-state index < -0.39 is 11.4 Å². The van der Waals surface area contributed by atoms with Crippen LogP contribution in [0.1, 0.15) is 17.3 Å². The van der Waals surface area contributed by atoms with E-state index in [1.807, 2.05) is 35.9 Å². The Morgan fingerprint density at radius 3 is 2.44 bits per heavy atom. The fourth-order valence-electron chi connectivity index (χ4n) is 3.81. The monoisotopic (exact) mass is 382 g/mol. The number of para-hydroxylation sites is 1. The number of hydrogen-bond donors (Lipinski definition) is 0. The van der Waals surface area contributed by atoms with E-state index in [1.165, 1.54) is 23.6 Å². The van der Waals surface area contributed by atoms with Crippen molar-refractivity contribution in [3.8, 4) is 11.1 Å². The molecule has 4 rings (SSSR count). The van der Waals surface area contributed by atoms with Gasteiger partial charge in [0.05, 0.1) is 11.1 Å². The smallest absolute Gasteiger partial charge is 0.260 e. The van der Waals surface area contributed by atoms with E-state index in [2.05, 4.69) is 0 Å². The van der Waals surface area contributed by atoms with Gasteiger partial charge in [-0.05, 0) is 31.2 Å². The minimum absolute atomic E-state index is 0.0584. The molecular weight excluding hydrogens is 367 g/mol. The van der Waals surface area contributed by atoms with Crippen LogP contribution < -0.4 is 5.56 Å². The van der Waals surface area contributed by atoms with Crippen LogP contribution in [0.15, 0.2) is 47.3 Å². The van der Waals surface area contributed by atoms with Crippen molar-refractivity contribution in [1.82, 2.24) is 9.13 Å². The quantitative estimate of drug-likeness (QED) is 0.472. The van der Waals surface area contributed by atoms with Crippen LogP contribution in [0.25, 0.3) is 33.1 Å². The second kappa shape index (κ2) is 6.06. The second-order valence-corrected chi connectivity index (χ2v) is 7.01. The van der Waals surface area contributed by atoms with Gasteiger partial charge < -0.3 is 4.57 Å². The third-order valence-corrected chi connectivity index (χ3v) is 5.20. The van der Waals surface area contributed by atoms with Gasteiger partial charge in [-0.3, -0.25) is 14.2 Å². The number of Topliss-reactive ketones (excluding diaryl/α,β-unsaturated/α-hetero) is 1. The van der Waals surface area contributed by atoms with Gasteiger partial charge in [0.15, 0.2) is 5.78 Å². The summed E-state index contributed by atoms with van der Waals surface area (Å²) in [5.74, 6) is -0.930. The number of aromatic nitrogens is 2. The van der Waals surface area contributed by atoms with Crippen LogP contribution in [0.4, 0.5) is 4.39 Å². The molecule has 2 aromatic carbocycles. The lowest BCUT2D eigenvalue weighted by atomic mass is 9.95. The molecule has 0 N–H and O–H groups in total. The number of fused-ring (bicyclic) bond motifs is 3. The summed E-state index contributed by atoms with van der Waals surface area (Å²) in [6.45, 7) is 1.40. The van der Waals surface area contributed by atoms with Gasteiger partial charge in [-0.15, -0.1) is 0 Å². The van der Waals surface area contributed by atoms with Gasteiger partial charge in [0.25, 0.3) is 5.56 Å². The van der Waals surface area contributed by atoms with E-state index in [1.54, 1.807) is 7.05 Å². The Kier molecular flexibility index (Phi) is 3.93. The molecule has 0 saturated heterocycles. The highest BCUT2D eigenvalue weighted by molar-refractivity contribution is 6.30. The highest BCUT2D eigenvalue weighted by atomic mass is 35.5. The first-order valence-corrected chi connectivity index (χ1v) is 8.77. The van der Waals surface area contributed by atoms with Crippen molar-refractivity contribution in [2.24, 2.45) is 14.1 Å². The molecule has 27 heavy (non-hydrogen) atoms. The van der Waals surface area contributed by atoms with Gasteiger partial charge in [0.1, 0.15) is 11.5 Å². The molecule has 0 fully saturated rings. The minimum atomic E-state index is -0.637. The molecule has 0 aliphatic rings. The van der Waals surface area contributed by atoms with E-state index in [0.29, 0.717) is 11.0 Å². The van der Waals surface area contributed by atoms with Crippen LogP contribution in [-0.4, -0.2) is 14.9 Å². The van der Waals surface area contributed by atoms with Crippen LogP contribution in [0, 0.1) is 5.82 Å². The lowest BCUT2D eigenvalue weighted by Crippen LogP contribution is -2.24. The molecule has 0 spiro atoms. The summed E-state index contributed by atoms with van der Waals surface area (Å²) in [6, 6.07) is 11.7. The molecule has 0 amide bonds. The number of aryl methyl sites for hydroxylation is 2. The largest absolute Gasteiger partial charge is 0.330 e. The standard InChI is InChI=1S/C21H16ClFN2O2/c1-11(26)17-18-14-6-4-5-7-16(14)24(2)20(18)25(3)21(27)19(17)13-9-8-12(22)10-15(13)23/h4-10H,1-3H3. The van der Waals surface area contributed by atoms with Crippen molar-refractivity contribution in [3.63, 3.8) is 0 Å². The van der Waals surface area contributed by atoms with Crippen molar-refractivity contribution >= 4 is 39.3 Å². The minimum Gasteiger partial charge on any atom is -0.330 e. The first-order chi connectivity index (χ1) is 12.8. The van der Waals surface area contributed by atoms with Gasteiger partial charge in [0, 0.05) is 41.0 Å². The Balaban J connectivity index is 2.32. The molecule has 2 aromatic heterocycles. The van der Waals surface area contributed by atoms with E-state index in [-0.39, 0.29) is 27.5 Å². The van der Waals surface area contributed by atoms with Gasteiger partial charge in [-0.1, -0.05) is 29.8 Å². The van der Waals surface area contributed by atoms with E-state index in [9.17, 15) is 14.0 Å². The van der Waals surface area contributed by atoms with Gasteiger partial charge in [-0.25, -0.2) is 4.39 Å². The number of carbonyl (C=O) groups excluding carboxylic acids is 1. The Morgan fingerprint density at radius 1 is 1.07 bits per heavy atom. The summed E-state index contributed by atoms with van der Waals surface area (Å²) < 4.78 is 18.0. The molecule has 6 heteroatoms. The first kappa shape index (κ1) is 17.5. The number of rotatable bonds is 2.